The maximum absolute atomic E-state index is 9.74. The molecule has 3 aromatic rings. The Kier molecular flexibility index (Phi) is 5.71. The number of pyridine rings is 1. The third-order valence-electron chi connectivity index (χ3n) is 4.76. The average molecular weight is 394 g/mol. The van der Waals surface area contributed by atoms with Gasteiger partial charge in [0.25, 0.3) is 0 Å². The van der Waals surface area contributed by atoms with E-state index in [-0.39, 0.29) is 0 Å². The lowest BCUT2D eigenvalue weighted by Crippen LogP contribution is -2.37. The number of rotatable bonds is 6. The summed E-state index contributed by atoms with van der Waals surface area (Å²) < 4.78 is 10.9. The van der Waals surface area contributed by atoms with Crippen LogP contribution in [-0.2, 0) is 15.9 Å². The molecule has 1 N–H and O–H groups in total. The predicted octanol–water partition coefficient (Wildman–Crippen LogP) is 2.82. The zero-order valence-corrected chi connectivity index (χ0v) is 16.8. The van der Waals surface area contributed by atoms with Crippen LogP contribution in [0.2, 0.25) is 0 Å². The molecule has 0 bridgehead atoms. The third-order valence-corrected chi connectivity index (χ3v) is 4.76. The number of fused-ring (bicyclic) bond motifs is 1. The van der Waals surface area contributed by atoms with E-state index in [0.29, 0.717) is 32.1 Å². The molecule has 7 heteroatoms. The molecular weight excluding hydrogens is 368 g/mol. The lowest BCUT2D eigenvalue weighted by Gasteiger charge is -2.28. The van der Waals surface area contributed by atoms with Gasteiger partial charge in [-0.05, 0) is 31.9 Å². The molecule has 3 heterocycles. The molecule has 0 aliphatic carbocycles. The van der Waals surface area contributed by atoms with E-state index in [2.05, 4.69) is 9.88 Å². The molecule has 2 aromatic heterocycles. The molecule has 1 aromatic carbocycles. The van der Waals surface area contributed by atoms with Crippen molar-refractivity contribution in [2.45, 2.75) is 26.1 Å². The molecule has 0 atom stereocenters. The summed E-state index contributed by atoms with van der Waals surface area (Å²) in [6, 6.07) is 12.0. The molecule has 1 saturated heterocycles. The number of benzene rings is 1. The summed E-state index contributed by atoms with van der Waals surface area (Å²) in [5.74, 6) is 0.388. The van der Waals surface area contributed by atoms with E-state index in [1.807, 2.05) is 42.6 Å². The van der Waals surface area contributed by atoms with Crippen LogP contribution in [0, 0.1) is 0 Å². The first-order valence-corrected chi connectivity index (χ1v) is 9.91. The molecule has 1 aliphatic rings. The van der Waals surface area contributed by atoms with E-state index in [4.69, 9.17) is 19.4 Å². The summed E-state index contributed by atoms with van der Waals surface area (Å²) in [5.41, 5.74) is 3.58. The van der Waals surface area contributed by atoms with Gasteiger partial charge in [0.05, 0.1) is 25.3 Å². The highest BCUT2D eigenvalue weighted by atomic mass is 16.6. The normalized spacial score (nSPS) is 15.1. The summed E-state index contributed by atoms with van der Waals surface area (Å²) in [6.45, 7) is 6.58. The Morgan fingerprint density at radius 3 is 2.62 bits per heavy atom. The lowest BCUT2D eigenvalue weighted by atomic mass is 10.1. The first-order valence-electron chi connectivity index (χ1n) is 9.91. The highest BCUT2D eigenvalue weighted by Crippen LogP contribution is 2.27. The Morgan fingerprint density at radius 1 is 1.14 bits per heavy atom. The van der Waals surface area contributed by atoms with Crippen molar-refractivity contribution in [1.29, 1.82) is 0 Å². The van der Waals surface area contributed by atoms with Gasteiger partial charge in [-0.25, -0.2) is 9.97 Å². The summed E-state index contributed by atoms with van der Waals surface area (Å²) in [6.07, 6.45) is 2.48. The number of hydrogen-bond donors (Lipinski definition) is 1. The van der Waals surface area contributed by atoms with Crippen molar-refractivity contribution >= 4 is 16.9 Å². The minimum Gasteiger partial charge on any atom is -0.378 e. The molecule has 152 valence electrons. The molecule has 1 fully saturated rings. The summed E-state index contributed by atoms with van der Waals surface area (Å²) in [4.78, 5) is 16.5. The zero-order chi connectivity index (χ0) is 20.3. The fraction of sp³-hybridized carbons (Fsp3) is 0.409. The number of nitrogens with zero attached hydrogens (tertiary/aromatic N) is 4. The van der Waals surface area contributed by atoms with Crippen molar-refractivity contribution in [2.24, 2.45) is 0 Å². The van der Waals surface area contributed by atoms with Crippen LogP contribution >= 0.6 is 0 Å². The molecule has 0 spiro atoms. The predicted molar refractivity (Wildman–Crippen MR) is 112 cm³/mol. The molecule has 0 unspecified atom stereocenters. The van der Waals surface area contributed by atoms with Gasteiger partial charge in [0.15, 0.2) is 17.4 Å². The van der Waals surface area contributed by atoms with Crippen LogP contribution in [0.3, 0.4) is 0 Å². The Hall–Kier alpha value is -2.61. The number of ether oxygens (including phenoxy) is 2. The molecular formula is C22H26N4O3. The van der Waals surface area contributed by atoms with E-state index >= 15 is 0 Å². The van der Waals surface area contributed by atoms with Crippen molar-refractivity contribution < 1.29 is 14.6 Å². The second-order valence-electron chi connectivity index (χ2n) is 7.59. The molecule has 29 heavy (non-hydrogen) atoms. The van der Waals surface area contributed by atoms with Gasteiger partial charge in [0.1, 0.15) is 5.52 Å². The lowest BCUT2D eigenvalue weighted by molar-refractivity contribution is -0.175. The van der Waals surface area contributed by atoms with Crippen LogP contribution in [0.1, 0.15) is 19.4 Å². The Morgan fingerprint density at radius 2 is 1.90 bits per heavy atom. The first-order chi connectivity index (χ1) is 14.0. The highest BCUT2D eigenvalue weighted by molar-refractivity contribution is 5.87. The molecule has 0 amide bonds. The summed E-state index contributed by atoms with van der Waals surface area (Å²) >= 11 is 0. The number of hydrogen-bond acceptors (Lipinski definition) is 7. The number of morpholine rings is 1. The zero-order valence-electron chi connectivity index (χ0n) is 16.8. The SMILES string of the molecule is CC(C)(O)OCCc1cnc2c(N3CCOCC3)nc(-c3ccccc3)nc2c1. The van der Waals surface area contributed by atoms with Crippen molar-refractivity contribution in [3.8, 4) is 11.4 Å². The van der Waals surface area contributed by atoms with Crippen LogP contribution in [0.25, 0.3) is 22.4 Å². The van der Waals surface area contributed by atoms with Crippen molar-refractivity contribution in [2.75, 3.05) is 37.8 Å². The van der Waals surface area contributed by atoms with Crippen LogP contribution in [0.15, 0.2) is 42.6 Å². The van der Waals surface area contributed by atoms with Crippen molar-refractivity contribution in [3.63, 3.8) is 0 Å². The van der Waals surface area contributed by atoms with Gasteiger partial charge in [0.2, 0.25) is 0 Å². The third kappa shape index (κ3) is 4.87. The van der Waals surface area contributed by atoms with Crippen LogP contribution in [0.5, 0.6) is 0 Å². The van der Waals surface area contributed by atoms with E-state index in [0.717, 1.165) is 41.1 Å². The Bertz CT molecular complexity index is 967. The molecule has 7 nitrogen and oxygen atoms in total. The van der Waals surface area contributed by atoms with Crippen LogP contribution in [-0.4, -0.2) is 58.8 Å². The highest BCUT2D eigenvalue weighted by Gasteiger charge is 2.19. The van der Waals surface area contributed by atoms with E-state index < -0.39 is 5.79 Å². The van der Waals surface area contributed by atoms with Crippen molar-refractivity contribution in [3.05, 3.63) is 48.2 Å². The Labute approximate surface area is 170 Å². The van der Waals surface area contributed by atoms with Gasteiger partial charge in [-0.2, -0.15) is 0 Å². The van der Waals surface area contributed by atoms with E-state index in [1.165, 1.54) is 0 Å². The van der Waals surface area contributed by atoms with Gasteiger partial charge in [-0.15, -0.1) is 0 Å². The van der Waals surface area contributed by atoms with Crippen molar-refractivity contribution in [1.82, 2.24) is 15.0 Å². The summed E-state index contributed by atoms with van der Waals surface area (Å²) in [7, 11) is 0. The quantitative estimate of drug-likeness (QED) is 0.644. The number of anilines is 1. The molecule has 0 radical (unpaired) electrons. The largest absolute Gasteiger partial charge is 0.378 e. The number of aliphatic hydroxyl groups is 1. The fourth-order valence-corrected chi connectivity index (χ4v) is 3.31. The molecule has 4 rings (SSSR count). The van der Waals surface area contributed by atoms with E-state index in [9.17, 15) is 5.11 Å². The molecule has 1 aliphatic heterocycles. The van der Waals surface area contributed by atoms with Crippen LogP contribution in [0.4, 0.5) is 5.82 Å². The molecule has 0 saturated carbocycles. The average Bonchev–Trinajstić information content (AvgIpc) is 2.73. The van der Waals surface area contributed by atoms with Crippen LogP contribution < -0.4 is 4.90 Å². The standard InChI is InChI=1S/C22H26N4O3/c1-22(2,27)29-11-8-16-14-18-19(23-15-16)21(26-9-12-28-13-10-26)25-20(24-18)17-6-4-3-5-7-17/h3-7,14-15,27H,8-13H2,1-2H3. The maximum atomic E-state index is 9.74. The minimum absolute atomic E-state index is 0.406. The monoisotopic (exact) mass is 394 g/mol. The van der Waals surface area contributed by atoms with Gasteiger partial charge in [-0.1, -0.05) is 30.3 Å². The van der Waals surface area contributed by atoms with Gasteiger partial charge in [0, 0.05) is 24.8 Å². The summed E-state index contributed by atoms with van der Waals surface area (Å²) in [5, 5.41) is 9.74. The van der Waals surface area contributed by atoms with Gasteiger partial charge in [-0.3, -0.25) is 4.98 Å². The van der Waals surface area contributed by atoms with E-state index in [1.54, 1.807) is 13.8 Å². The fourth-order valence-electron chi connectivity index (χ4n) is 3.31. The van der Waals surface area contributed by atoms with Gasteiger partial charge >= 0.3 is 0 Å². The Balaban J connectivity index is 1.72. The first kappa shape index (κ1) is 19.7. The second kappa shape index (κ2) is 8.41. The smallest absolute Gasteiger partial charge is 0.162 e. The van der Waals surface area contributed by atoms with Gasteiger partial charge < -0.3 is 19.5 Å². The second-order valence-corrected chi connectivity index (χ2v) is 7.59. The maximum Gasteiger partial charge on any atom is 0.162 e. The number of aromatic nitrogens is 3. The minimum atomic E-state index is -1.14. The topological polar surface area (TPSA) is 80.6 Å².